The minimum Gasteiger partial charge on any atom is -0.474 e. The average Bonchev–Trinajstić information content (AvgIpc) is 2.71. The Hall–Kier alpha value is -1.66. The van der Waals surface area contributed by atoms with Gasteiger partial charge in [-0.1, -0.05) is 6.42 Å². The number of likely N-dealkylation sites (tertiary alicyclic amines) is 1. The number of amides is 1. The molecule has 1 aromatic heterocycles. The highest BCUT2D eigenvalue weighted by Crippen LogP contribution is 2.29. The number of hydrogen-bond acceptors (Lipinski definition) is 5. The Morgan fingerprint density at radius 1 is 1.03 bits per heavy atom. The highest BCUT2D eigenvalue weighted by atomic mass is 16.5. The summed E-state index contributed by atoms with van der Waals surface area (Å²) in [5.41, 5.74) is 1.66. The second-order valence-electron chi connectivity index (χ2n) is 9.14. The molecule has 5 rings (SSSR count). The van der Waals surface area contributed by atoms with E-state index in [4.69, 9.17) is 14.5 Å². The van der Waals surface area contributed by atoms with Crippen molar-refractivity contribution in [3.63, 3.8) is 0 Å². The molecule has 0 radical (unpaired) electrons. The maximum absolute atomic E-state index is 12.9. The summed E-state index contributed by atoms with van der Waals surface area (Å²) in [4.78, 5) is 22.3. The molecular formula is C23H33N3O3. The number of carbonyl (C=O) groups excluding carboxylic acids is 1. The number of carbonyl (C=O) groups is 1. The Kier molecular flexibility index (Phi) is 5.73. The Morgan fingerprint density at radius 2 is 1.83 bits per heavy atom. The van der Waals surface area contributed by atoms with Crippen molar-refractivity contribution in [1.29, 1.82) is 0 Å². The predicted octanol–water partition coefficient (Wildman–Crippen LogP) is 2.90. The Labute approximate surface area is 173 Å². The standard InChI is InChI=1S/C23H33N3O3/c27-23-20-4-5-22(29-19-6-11-25(12-7-19)18-2-1-3-18)24-21(20)8-13-26(23)16-17-9-14-28-15-10-17/h4-5,17-19H,1-3,6-16H2. The Balaban J connectivity index is 1.17. The minimum absolute atomic E-state index is 0.130. The predicted molar refractivity (Wildman–Crippen MR) is 110 cm³/mol. The van der Waals surface area contributed by atoms with Gasteiger partial charge in [0.2, 0.25) is 5.88 Å². The number of fused-ring (bicyclic) bond motifs is 1. The lowest BCUT2D eigenvalue weighted by Gasteiger charge is -2.41. The Bertz CT molecular complexity index is 722. The first-order chi connectivity index (χ1) is 14.3. The molecule has 0 bridgehead atoms. The number of nitrogens with zero attached hydrogens (tertiary/aromatic N) is 3. The van der Waals surface area contributed by atoms with E-state index in [0.717, 1.165) is 88.8 Å². The highest BCUT2D eigenvalue weighted by Gasteiger charge is 2.31. The first kappa shape index (κ1) is 19.3. The van der Waals surface area contributed by atoms with Gasteiger partial charge >= 0.3 is 0 Å². The monoisotopic (exact) mass is 399 g/mol. The van der Waals surface area contributed by atoms with Crippen LogP contribution in [0.3, 0.4) is 0 Å². The van der Waals surface area contributed by atoms with Gasteiger partial charge in [-0.2, -0.15) is 0 Å². The van der Waals surface area contributed by atoms with Gasteiger partial charge in [-0.3, -0.25) is 4.79 Å². The molecule has 1 saturated carbocycles. The van der Waals surface area contributed by atoms with Crippen molar-refractivity contribution in [2.45, 2.75) is 63.5 Å². The maximum Gasteiger partial charge on any atom is 0.255 e. The number of rotatable bonds is 5. The average molecular weight is 400 g/mol. The van der Waals surface area contributed by atoms with Gasteiger partial charge in [0, 0.05) is 57.9 Å². The minimum atomic E-state index is 0.130. The molecule has 4 heterocycles. The van der Waals surface area contributed by atoms with E-state index in [0.29, 0.717) is 11.8 Å². The van der Waals surface area contributed by atoms with Crippen molar-refractivity contribution >= 4 is 5.91 Å². The first-order valence-corrected chi connectivity index (χ1v) is 11.5. The zero-order valence-corrected chi connectivity index (χ0v) is 17.4. The third-order valence-corrected chi connectivity index (χ3v) is 7.26. The lowest BCUT2D eigenvalue weighted by Crippen LogP contribution is -2.46. The molecule has 1 aliphatic carbocycles. The van der Waals surface area contributed by atoms with Crippen molar-refractivity contribution in [3.05, 3.63) is 23.4 Å². The van der Waals surface area contributed by atoms with Crippen LogP contribution >= 0.6 is 0 Å². The molecule has 2 saturated heterocycles. The second-order valence-corrected chi connectivity index (χ2v) is 9.14. The summed E-state index contributed by atoms with van der Waals surface area (Å²) in [6.45, 7) is 5.54. The van der Waals surface area contributed by atoms with Crippen molar-refractivity contribution in [1.82, 2.24) is 14.8 Å². The summed E-state index contributed by atoms with van der Waals surface area (Å²) in [7, 11) is 0. The summed E-state index contributed by atoms with van der Waals surface area (Å²) in [6.07, 6.45) is 9.48. The SMILES string of the molecule is O=C1c2ccc(OC3CCN(C4CCC4)CC3)nc2CCN1CC1CCOCC1. The summed E-state index contributed by atoms with van der Waals surface area (Å²) >= 11 is 0. The van der Waals surface area contributed by atoms with Gasteiger partial charge in [0.15, 0.2) is 0 Å². The molecule has 158 valence electrons. The van der Waals surface area contributed by atoms with Gasteiger partial charge in [-0.05, 0) is 50.5 Å². The van der Waals surface area contributed by atoms with Gasteiger partial charge in [-0.15, -0.1) is 0 Å². The molecule has 29 heavy (non-hydrogen) atoms. The van der Waals surface area contributed by atoms with E-state index >= 15 is 0 Å². The molecule has 0 spiro atoms. The molecule has 3 aliphatic heterocycles. The van der Waals surface area contributed by atoms with Crippen molar-refractivity contribution in [2.24, 2.45) is 5.92 Å². The van der Waals surface area contributed by atoms with Crippen LogP contribution in [-0.4, -0.2) is 72.2 Å². The number of piperidine rings is 1. The van der Waals surface area contributed by atoms with Crippen LogP contribution in [0.15, 0.2) is 12.1 Å². The van der Waals surface area contributed by atoms with Gasteiger partial charge in [0.1, 0.15) is 6.10 Å². The molecule has 3 fully saturated rings. The number of aromatic nitrogens is 1. The number of hydrogen-bond donors (Lipinski definition) is 0. The maximum atomic E-state index is 12.9. The van der Waals surface area contributed by atoms with Crippen LogP contribution in [0.5, 0.6) is 5.88 Å². The van der Waals surface area contributed by atoms with Gasteiger partial charge < -0.3 is 19.3 Å². The Morgan fingerprint density at radius 3 is 2.55 bits per heavy atom. The van der Waals surface area contributed by atoms with E-state index < -0.39 is 0 Å². The molecule has 0 unspecified atom stereocenters. The lowest BCUT2D eigenvalue weighted by atomic mass is 9.90. The molecule has 1 aromatic rings. The normalized spacial score (nSPS) is 25.0. The van der Waals surface area contributed by atoms with E-state index in [1.165, 1.54) is 19.3 Å². The van der Waals surface area contributed by atoms with Crippen LogP contribution < -0.4 is 4.74 Å². The molecular weight excluding hydrogens is 366 g/mol. The molecule has 6 heteroatoms. The van der Waals surface area contributed by atoms with Gasteiger partial charge in [-0.25, -0.2) is 4.98 Å². The summed E-state index contributed by atoms with van der Waals surface area (Å²) in [6, 6.07) is 4.65. The number of ether oxygens (including phenoxy) is 2. The topological polar surface area (TPSA) is 54.9 Å². The quantitative estimate of drug-likeness (QED) is 0.762. The molecule has 1 amide bonds. The fourth-order valence-corrected chi connectivity index (χ4v) is 5.14. The van der Waals surface area contributed by atoms with Crippen molar-refractivity contribution < 1.29 is 14.3 Å². The third kappa shape index (κ3) is 4.29. The number of pyridine rings is 1. The molecule has 6 nitrogen and oxygen atoms in total. The van der Waals surface area contributed by atoms with E-state index in [1.807, 2.05) is 17.0 Å². The van der Waals surface area contributed by atoms with Crippen molar-refractivity contribution in [3.8, 4) is 5.88 Å². The zero-order valence-electron chi connectivity index (χ0n) is 17.4. The van der Waals surface area contributed by atoms with Crippen LogP contribution in [0.1, 0.15) is 61.0 Å². The summed E-state index contributed by atoms with van der Waals surface area (Å²) in [5.74, 6) is 1.39. The lowest BCUT2D eigenvalue weighted by molar-refractivity contribution is 0.0442. The van der Waals surface area contributed by atoms with Crippen LogP contribution in [-0.2, 0) is 11.2 Å². The van der Waals surface area contributed by atoms with E-state index in [1.54, 1.807) is 0 Å². The smallest absolute Gasteiger partial charge is 0.255 e. The summed E-state index contributed by atoms with van der Waals surface area (Å²) in [5, 5.41) is 0. The highest BCUT2D eigenvalue weighted by molar-refractivity contribution is 5.96. The van der Waals surface area contributed by atoms with Crippen LogP contribution in [0.2, 0.25) is 0 Å². The third-order valence-electron chi connectivity index (χ3n) is 7.26. The molecule has 4 aliphatic rings. The first-order valence-electron chi connectivity index (χ1n) is 11.5. The fraction of sp³-hybridized carbons (Fsp3) is 0.739. The van der Waals surface area contributed by atoms with Gasteiger partial charge in [0.05, 0.1) is 11.3 Å². The molecule has 0 aromatic carbocycles. The molecule has 0 N–H and O–H groups in total. The van der Waals surface area contributed by atoms with E-state index in [-0.39, 0.29) is 12.0 Å². The molecule has 0 atom stereocenters. The van der Waals surface area contributed by atoms with E-state index in [2.05, 4.69) is 4.90 Å². The largest absolute Gasteiger partial charge is 0.474 e. The van der Waals surface area contributed by atoms with Crippen LogP contribution in [0.4, 0.5) is 0 Å². The van der Waals surface area contributed by atoms with Gasteiger partial charge in [0.25, 0.3) is 5.91 Å². The summed E-state index contributed by atoms with van der Waals surface area (Å²) < 4.78 is 11.7. The fourth-order valence-electron chi connectivity index (χ4n) is 5.14. The zero-order chi connectivity index (χ0) is 19.6. The van der Waals surface area contributed by atoms with Crippen LogP contribution in [0, 0.1) is 5.92 Å². The van der Waals surface area contributed by atoms with Crippen molar-refractivity contribution in [2.75, 3.05) is 39.4 Å². The second kappa shape index (κ2) is 8.60. The van der Waals surface area contributed by atoms with Crippen LogP contribution in [0.25, 0.3) is 0 Å². The van der Waals surface area contributed by atoms with E-state index in [9.17, 15) is 4.79 Å².